The van der Waals surface area contributed by atoms with Crippen molar-refractivity contribution in [1.29, 1.82) is 0 Å². The van der Waals surface area contributed by atoms with Crippen molar-refractivity contribution in [2.24, 2.45) is 0 Å². The van der Waals surface area contributed by atoms with Gasteiger partial charge in [-0.2, -0.15) is 0 Å². The summed E-state index contributed by atoms with van der Waals surface area (Å²) in [5.74, 6) is 2.28. The van der Waals surface area contributed by atoms with E-state index in [1.807, 2.05) is 39.0 Å². The van der Waals surface area contributed by atoms with Gasteiger partial charge < -0.3 is 19.2 Å². The largest absolute Gasteiger partial charge is 0.466 e. The van der Waals surface area contributed by atoms with E-state index < -0.39 is 0 Å². The van der Waals surface area contributed by atoms with E-state index in [1.54, 1.807) is 12.3 Å². The van der Waals surface area contributed by atoms with E-state index in [1.165, 1.54) is 12.8 Å². The first-order chi connectivity index (χ1) is 15.5. The zero-order valence-electron chi connectivity index (χ0n) is 18.4. The second kappa shape index (κ2) is 8.11. The normalized spacial score (nSPS) is 13.8. The van der Waals surface area contributed by atoms with E-state index in [-0.39, 0.29) is 5.91 Å². The molecule has 5 rings (SSSR count). The average Bonchev–Trinajstić information content (AvgIpc) is 3.52. The Morgan fingerprint density at radius 2 is 1.97 bits per heavy atom. The number of aryl methyl sites for hydroxylation is 3. The van der Waals surface area contributed by atoms with E-state index in [0.29, 0.717) is 34.6 Å². The van der Waals surface area contributed by atoms with Crippen LogP contribution in [0.3, 0.4) is 0 Å². The fourth-order valence-corrected chi connectivity index (χ4v) is 4.26. The van der Waals surface area contributed by atoms with E-state index in [4.69, 9.17) is 8.94 Å². The molecule has 0 atom stereocenters. The fourth-order valence-electron chi connectivity index (χ4n) is 4.26. The van der Waals surface area contributed by atoms with E-state index >= 15 is 0 Å². The highest BCUT2D eigenvalue weighted by Gasteiger charge is 2.21. The molecule has 0 bridgehead atoms. The highest BCUT2D eigenvalue weighted by atomic mass is 16.5. The third-order valence-corrected chi connectivity index (χ3v) is 5.87. The Bertz CT molecular complexity index is 1300. The zero-order valence-corrected chi connectivity index (χ0v) is 18.4. The maximum absolute atomic E-state index is 13.2. The molecule has 1 amide bonds. The van der Waals surface area contributed by atoms with Crippen molar-refractivity contribution in [2.45, 2.75) is 40.2 Å². The molecule has 0 saturated carbocycles. The summed E-state index contributed by atoms with van der Waals surface area (Å²) in [4.78, 5) is 24.6. The van der Waals surface area contributed by atoms with Crippen molar-refractivity contribution in [3.05, 3.63) is 58.8 Å². The van der Waals surface area contributed by atoms with Crippen LogP contribution in [0.2, 0.25) is 0 Å². The van der Waals surface area contributed by atoms with Gasteiger partial charge in [-0.1, -0.05) is 5.16 Å². The van der Waals surface area contributed by atoms with Gasteiger partial charge in [0.1, 0.15) is 17.3 Å². The van der Waals surface area contributed by atoms with E-state index in [2.05, 4.69) is 25.3 Å². The van der Waals surface area contributed by atoms with Gasteiger partial charge in [0.2, 0.25) is 0 Å². The van der Waals surface area contributed by atoms with Gasteiger partial charge in [-0.3, -0.25) is 4.79 Å². The van der Waals surface area contributed by atoms with Gasteiger partial charge in [0.05, 0.1) is 22.3 Å². The van der Waals surface area contributed by atoms with Crippen LogP contribution in [0.25, 0.3) is 22.4 Å². The summed E-state index contributed by atoms with van der Waals surface area (Å²) in [5, 5.41) is 7.68. The summed E-state index contributed by atoms with van der Waals surface area (Å²) in [7, 11) is 0. The number of carbonyl (C=O) groups is 1. The number of fused-ring (bicyclic) bond motifs is 1. The lowest BCUT2D eigenvalue weighted by Crippen LogP contribution is -2.24. The number of pyridine rings is 2. The van der Waals surface area contributed by atoms with Gasteiger partial charge in [-0.25, -0.2) is 9.97 Å². The Morgan fingerprint density at radius 3 is 2.72 bits per heavy atom. The maximum Gasteiger partial charge on any atom is 0.259 e. The molecule has 4 aromatic rings. The smallest absolute Gasteiger partial charge is 0.259 e. The molecule has 1 saturated heterocycles. The minimum Gasteiger partial charge on any atom is -0.466 e. The Kier molecular flexibility index (Phi) is 5.13. The third kappa shape index (κ3) is 3.72. The molecule has 1 N–H and O–H groups in total. The van der Waals surface area contributed by atoms with Gasteiger partial charge in [0.25, 0.3) is 11.6 Å². The second-order valence-corrected chi connectivity index (χ2v) is 8.23. The Hall–Kier alpha value is -3.68. The van der Waals surface area contributed by atoms with Gasteiger partial charge in [-0.05, 0) is 63.4 Å². The Balaban J connectivity index is 1.43. The first-order valence-corrected chi connectivity index (χ1v) is 10.8. The second-order valence-electron chi connectivity index (χ2n) is 8.23. The Labute approximate surface area is 185 Å². The molecule has 32 heavy (non-hydrogen) atoms. The number of nitrogens with zero attached hydrogens (tertiary/aromatic N) is 4. The predicted octanol–water partition coefficient (Wildman–Crippen LogP) is 4.33. The number of hydrogen-bond donors (Lipinski definition) is 1. The topological polar surface area (TPSA) is 97.3 Å². The quantitative estimate of drug-likeness (QED) is 0.502. The highest BCUT2D eigenvalue weighted by molar-refractivity contribution is 6.07. The third-order valence-electron chi connectivity index (χ3n) is 5.87. The van der Waals surface area contributed by atoms with E-state index in [0.717, 1.165) is 41.6 Å². The predicted molar refractivity (Wildman–Crippen MR) is 121 cm³/mol. The molecule has 0 aliphatic carbocycles. The van der Waals surface area contributed by atoms with Crippen LogP contribution in [0.15, 0.2) is 39.4 Å². The first kappa shape index (κ1) is 20.2. The van der Waals surface area contributed by atoms with Crippen molar-refractivity contribution >= 4 is 22.8 Å². The fraction of sp³-hybridized carbons (Fsp3) is 0.333. The minimum atomic E-state index is -0.206. The molecule has 0 aromatic carbocycles. The summed E-state index contributed by atoms with van der Waals surface area (Å²) >= 11 is 0. The molecule has 164 valence electrons. The lowest BCUT2D eigenvalue weighted by Gasteiger charge is -2.17. The van der Waals surface area contributed by atoms with Crippen molar-refractivity contribution in [3.8, 4) is 11.3 Å². The SMILES string of the molecule is Cc1cc(-c2cc(C(=O)NCc3ccnc(N4CCCC4)c3)c3c(C)noc3n2)c(C)o1. The van der Waals surface area contributed by atoms with Crippen LogP contribution in [0.4, 0.5) is 5.82 Å². The van der Waals surface area contributed by atoms with Crippen LogP contribution in [0.5, 0.6) is 0 Å². The maximum atomic E-state index is 13.2. The number of hydrogen-bond acceptors (Lipinski definition) is 7. The number of furan rings is 1. The lowest BCUT2D eigenvalue weighted by molar-refractivity contribution is 0.0952. The molecular weight excluding hydrogens is 406 g/mol. The summed E-state index contributed by atoms with van der Waals surface area (Å²) in [6, 6.07) is 7.66. The summed E-state index contributed by atoms with van der Waals surface area (Å²) < 4.78 is 11.0. The van der Waals surface area contributed by atoms with Gasteiger partial charge >= 0.3 is 0 Å². The molecule has 1 fully saturated rings. The molecule has 0 spiro atoms. The van der Waals surface area contributed by atoms with Crippen LogP contribution in [0.1, 0.15) is 46.0 Å². The molecule has 0 radical (unpaired) electrons. The Morgan fingerprint density at radius 1 is 1.16 bits per heavy atom. The van der Waals surface area contributed by atoms with Crippen LogP contribution >= 0.6 is 0 Å². The van der Waals surface area contributed by atoms with Gasteiger partial charge in [0.15, 0.2) is 0 Å². The number of nitrogens with one attached hydrogen (secondary N) is 1. The molecular formula is C24H25N5O3. The number of amides is 1. The van der Waals surface area contributed by atoms with Gasteiger partial charge in [-0.15, -0.1) is 0 Å². The van der Waals surface area contributed by atoms with Crippen molar-refractivity contribution in [3.63, 3.8) is 0 Å². The molecule has 5 heterocycles. The summed E-state index contributed by atoms with van der Waals surface area (Å²) in [6.07, 6.45) is 4.18. The van der Waals surface area contributed by atoms with Crippen LogP contribution < -0.4 is 10.2 Å². The van der Waals surface area contributed by atoms with Crippen LogP contribution in [-0.4, -0.2) is 34.1 Å². The monoisotopic (exact) mass is 431 g/mol. The minimum absolute atomic E-state index is 0.206. The zero-order chi connectivity index (χ0) is 22.2. The number of rotatable bonds is 5. The van der Waals surface area contributed by atoms with Crippen molar-refractivity contribution < 1.29 is 13.7 Å². The van der Waals surface area contributed by atoms with Crippen molar-refractivity contribution in [1.82, 2.24) is 20.4 Å². The molecule has 8 nitrogen and oxygen atoms in total. The summed E-state index contributed by atoms with van der Waals surface area (Å²) in [6.45, 7) is 8.02. The molecule has 4 aromatic heterocycles. The number of anilines is 1. The molecule has 8 heteroatoms. The van der Waals surface area contributed by atoms with Crippen LogP contribution in [0, 0.1) is 20.8 Å². The number of aromatic nitrogens is 3. The standard InChI is InChI=1S/C24H25N5O3/c1-14-10-18(16(3)31-14)20-12-19(22-15(2)28-32-24(22)27-20)23(30)26-13-17-6-7-25-21(11-17)29-8-4-5-9-29/h6-7,10-12H,4-5,8-9,13H2,1-3H3,(H,26,30). The average molecular weight is 431 g/mol. The van der Waals surface area contributed by atoms with E-state index in [9.17, 15) is 4.79 Å². The molecule has 1 aliphatic heterocycles. The van der Waals surface area contributed by atoms with Gasteiger partial charge in [0, 0.05) is 31.4 Å². The molecule has 1 aliphatic rings. The first-order valence-electron chi connectivity index (χ1n) is 10.8. The molecule has 0 unspecified atom stereocenters. The lowest BCUT2D eigenvalue weighted by atomic mass is 10.1. The summed E-state index contributed by atoms with van der Waals surface area (Å²) in [5.41, 5.74) is 3.90. The van der Waals surface area contributed by atoms with Crippen LogP contribution in [-0.2, 0) is 6.54 Å². The number of carbonyl (C=O) groups excluding carboxylic acids is 1. The van der Waals surface area contributed by atoms with Crippen molar-refractivity contribution in [2.75, 3.05) is 18.0 Å². The highest BCUT2D eigenvalue weighted by Crippen LogP contribution is 2.30.